The highest BCUT2D eigenvalue weighted by Gasteiger charge is 2.11. The van der Waals surface area contributed by atoms with Gasteiger partial charge in [0.15, 0.2) is 0 Å². The lowest BCUT2D eigenvalue weighted by Gasteiger charge is -2.10. The highest BCUT2D eigenvalue weighted by atomic mass is 16.5. The molecule has 0 aliphatic carbocycles. The molecule has 28 heavy (non-hydrogen) atoms. The van der Waals surface area contributed by atoms with Crippen molar-refractivity contribution in [3.8, 4) is 5.75 Å². The molecule has 0 radical (unpaired) electrons. The van der Waals surface area contributed by atoms with Gasteiger partial charge in [0.25, 0.3) is 5.91 Å². The highest BCUT2D eigenvalue weighted by Crippen LogP contribution is 2.18. The molecule has 0 bridgehead atoms. The predicted octanol–water partition coefficient (Wildman–Crippen LogP) is 4.60. The molecule has 0 saturated carbocycles. The van der Waals surface area contributed by atoms with Gasteiger partial charge in [0, 0.05) is 25.1 Å². The number of rotatable bonds is 10. The van der Waals surface area contributed by atoms with E-state index in [1.165, 1.54) is 24.8 Å². The highest BCUT2D eigenvalue weighted by molar-refractivity contribution is 5.94. The number of carbonyl (C=O) groups is 1. The molecule has 0 aliphatic rings. The fraction of sp³-hybridized carbons (Fsp3) is 0.391. The molecule has 0 fully saturated rings. The number of carbonyl (C=O) groups excluding carboxylic acids is 1. The van der Waals surface area contributed by atoms with E-state index in [0.717, 1.165) is 24.3 Å². The Kier molecular flexibility index (Phi) is 7.06. The fourth-order valence-corrected chi connectivity index (χ4v) is 3.42. The summed E-state index contributed by atoms with van der Waals surface area (Å²) in [7, 11) is 1.60. The van der Waals surface area contributed by atoms with E-state index < -0.39 is 0 Å². The molecule has 1 amide bonds. The van der Waals surface area contributed by atoms with E-state index in [1.807, 2.05) is 18.2 Å². The molecule has 5 nitrogen and oxygen atoms in total. The summed E-state index contributed by atoms with van der Waals surface area (Å²) in [6, 6.07) is 15.4. The van der Waals surface area contributed by atoms with Gasteiger partial charge in [0.2, 0.25) is 0 Å². The van der Waals surface area contributed by atoms with Crippen molar-refractivity contribution in [3.05, 3.63) is 59.9 Å². The van der Waals surface area contributed by atoms with Crippen LogP contribution in [-0.2, 0) is 13.0 Å². The van der Waals surface area contributed by atoms with Gasteiger partial charge < -0.3 is 14.6 Å². The van der Waals surface area contributed by atoms with E-state index in [1.54, 1.807) is 19.2 Å². The smallest absolute Gasteiger partial charge is 0.251 e. The van der Waals surface area contributed by atoms with Crippen LogP contribution in [0.5, 0.6) is 5.75 Å². The number of hydrogen-bond donors (Lipinski definition) is 1. The number of para-hydroxylation sites is 2. The first-order valence-electron chi connectivity index (χ1n) is 10.1. The molecule has 0 unspecified atom stereocenters. The fourth-order valence-electron chi connectivity index (χ4n) is 3.42. The standard InChI is InChI=1S/C23H29N3O2/c1-3-4-5-8-16-26-21-13-7-6-12-20(21)25-22(26)14-15-24-23(27)18-10-9-11-19(17-18)28-2/h6-7,9-13,17H,3-5,8,14-16H2,1-2H3,(H,24,27). The number of fused-ring (bicyclic) bond motifs is 1. The van der Waals surface area contributed by atoms with Crippen molar-refractivity contribution < 1.29 is 9.53 Å². The van der Waals surface area contributed by atoms with E-state index in [2.05, 4.69) is 35.0 Å². The van der Waals surface area contributed by atoms with Gasteiger partial charge in [-0.05, 0) is 36.8 Å². The average Bonchev–Trinajstić information content (AvgIpc) is 3.08. The molecule has 1 heterocycles. The molecular formula is C23H29N3O2. The van der Waals surface area contributed by atoms with E-state index in [0.29, 0.717) is 24.3 Å². The summed E-state index contributed by atoms with van der Waals surface area (Å²) in [6.07, 6.45) is 5.58. The number of imidazole rings is 1. The summed E-state index contributed by atoms with van der Waals surface area (Å²) in [5, 5.41) is 3.00. The first kappa shape index (κ1) is 19.9. The molecule has 5 heteroatoms. The third-order valence-electron chi connectivity index (χ3n) is 4.93. The number of benzene rings is 2. The van der Waals surface area contributed by atoms with Crippen molar-refractivity contribution in [1.82, 2.24) is 14.9 Å². The molecule has 3 rings (SSSR count). The van der Waals surface area contributed by atoms with Gasteiger partial charge >= 0.3 is 0 Å². The second-order valence-corrected chi connectivity index (χ2v) is 6.97. The van der Waals surface area contributed by atoms with Crippen molar-refractivity contribution in [2.24, 2.45) is 0 Å². The summed E-state index contributed by atoms with van der Waals surface area (Å²) < 4.78 is 7.50. The second-order valence-electron chi connectivity index (χ2n) is 6.97. The van der Waals surface area contributed by atoms with Gasteiger partial charge in [-0.1, -0.05) is 44.4 Å². The van der Waals surface area contributed by atoms with Crippen LogP contribution in [0.15, 0.2) is 48.5 Å². The molecule has 1 N–H and O–H groups in total. The minimum Gasteiger partial charge on any atom is -0.497 e. The number of unbranched alkanes of at least 4 members (excludes halogenated alkanes) is 3. The molecule has 1 aromatic heterocycles. The Morgan fingerprint density at radius 1 is 1.11 bits per heavy atom. The SMILES string of the molecule is CCCCCCn1c(CCNC(=O)c2cccc(OC)c2)nc2ccccc21. The number of ether oxygens (including phenoxy) is 1. The van der Waals surface area contributed by atoms with Crippen molar-refractivity contribution in [2.45, 2.75) is 45.6 Å². The molecule has 3 aromatic rings. The van der Waals surface area contributed by atoms with E-state index in [4.69, 9.17) is 9.72 Å². The summed E-state index contributed by atoms with van der Waals surface area (Å²) >= 11 is 0. The lowest BCUT2D eigenvalue weighted by molar-refractivity contribution is 0.0953. The first-order chi connectivity index (χ1) is 13.7. The number of aromatic nitrogens is 2. The molecule has 0 spiro atoms. The maximum absolute atomic E-state index is 12.4. The molecule has 0 saturated heterocycles. The van der Waals surface area contributed by atoms with Crippen molar-refractivity contribution in [3.63, 3.8) is 0 Å². The van der Waals surface area contributed by atoms with Crippen LogP contribution in [0.2, 0.25) is 0 Å². The van der Waals surface area contributed by atoms with Crippen LogP contribution in [0.1, 0.15) is 48.8 Å². The Morgan fingerprint density at radius 2 is 1.96 bits per heavy atom. The van der Waals surface area contributed by atoms with E-state index >= 15 is 0 Å². The minimum atomic E-state index is -0.0930. The van der Waals surface area contributed by atoms with Crippen molar-refractivity contribution in [2.75, 3.05) is 13.7 Å². The summed E-state index contributed by atoms with van der Waals surface area (Å²) in [4.78, 5) is 17.2. The van der Waals surface area contributed by atoms with Crippen LogP contribution in [-0.4, -0.2) is 29.1 Å². The zero-order valence-electron chi connectivity index (χ0n) is 16.8. The topological polar surface area (TPSA) is 56.2 Å². The number of hydrogen-bond acceptors (Lipinski definition) is 3. The van der Waals surface area contributed by atoms with Crippen LogP contribution in [0.3, 0.4) is 0 Å². The predicted molar refractivity (Wildman–Crippen MR) is 113 cm³/mol. The molecule has 148 valence electrons. The average molecular weight is 380 g/mol. The number of nitrogens with zero attached hydrogens (tertiary/aromatic N) is 2. The van der Waals surface area contributed by atoms with Crippen molar-refractivity contribution in [1.29, 1.82) is 0 Å². The largest absolute Gasteiger partial charge is 0.497 e. The zero-order chi connectivity index (χ0) is 19.8. The molecule has 0 atom stereocenters. The van der Waals surface area contributed by atoms with Gasteiger partial charge in [-0.15, -0.1) is 0 Å². The van der Waals surface area contributed by atoms with E-state index in [-0.39, 0.29) is 5.91 Å². The van der Waals surface area contributed by atoms with Crippen LogP contribution in [0.4, 0.5) is 0 Å². The third-order valence-corrected chi connectivity index (χ3v) is 4.93. The Hall–Kier alpha value is -2.82. The Balaban J connectivity index is 1.65. The monoisotopic (exact) mass is 379 g/mol. The quantitative estimate of drug-likeness (QED) is 0.524. The molecule has 0 aliphatic heterocycles. The Bertz CT molecular complexity index is 917. The Morgan fingerprint density at radius 3 is 2.79 bits per heavy atom. The number of amides is 1. The van der Waals surface area contributed by atoms with Crippen LogP contribution in [0.25, 0.3) is 11.0 Å². The minimum absolute atomic E-state index is 0.0930. The normalized spacial score (nSPS) is 10.9. The van der Waals surface area contributed by atoms with E-state index in [9.17, 15) is 4.79 Å². The Labute approximate surface area is 166 Å². The lowest BCUT2D eigenvalue weighted by Crippen LogP contribution is -2.26. The van der Waals surface area contributed by atoms with Crippen molar-refractivity contribution >= 4 is 16.9 Å². The number of aryl methyl sites for hydroxylation is 1. The second kappa shape index (κ2) is 9.93. The van der Waals surface area contributed by atoms with Gasteiger partial charge in [-0.2, -0.15) is 0 Å². The maximum Gasteiger partial charge on any atom is 0.251 e. The summed E-state index contributed by atoms with van der Waals surface area (Å²) in [6.45, 7) is 3.75. The zero-order valence-corrected chi connectivity index (χ0v) is 16.8. The van der Waals surface area contributed by atoms with Crippen LogP contribution < -0.4 is 10.1 Å². The maximum atomic E-state index is 12.4. The van der Waals surface area contributed by atoms with Crippen LogP contribution in [0, 0.1) is 0 Å². The molecule has 2 aromatic carbocycles. The number of nitrogens with one attached hydrogen (secondary N) is 1. The van der Waals surface area contributed by atoms with Gasteiger partial charge in [0.05, 0.1) is 18.1 Å². The van der Waals surface area contributed by atoms with Gasteiger partial charge in [0.1, 0.15) is 11.6 Å². The summed E-state index contributed by atoms with van der Waals surface area (Å²) in [5.41, 5.74) is 2.80. The molecular weight excluding hydrogens is 350 g/mol. The van der Waals surface area contributed by atoms with Crippen LogP contribution >= 0.6 is 0 Å². The summed E-state index contributed by atoms with van der Waals surface area (Å²) in [5.74, 6) is 1.62. The van der Waals surface area contributed by atoms with Gasteiger partial charge in [-0.3, -0.25) is 4.79 Å². The first-order valence-corrected chi connectivity index (χ1v) is 10.1. The van der Waals surface area contributed by atoms with Gasteiger partial charge in [-0.25, -0.2) is 4.98 Å². The lowest BCUT2D eigenvalue weighted by atomic mass is 10.2. The third kappa shape index (κ3) is 4.91. The number of methoxy groups -OCH3 is 1.